The third kappa shape index (κ3) is 4.14. The number of nitrogens with zero attached hydrogens (tertiary/aromatic N) is 4. The molecule has 7 heteroatoms. The Balaban J connectivity index is 1.50. The number of carbonyl (C=O) groups excluding carboxylic acids is 1. The first-order valence-electron chi connectivity index (χ1n) is 9.72. The first-order valence-corrected chi connectivity index (χ1v) is 9.72. The second-order valence-corrected chi connectivity index (χ2v) is 7.17. The molecule has 0 spiro atoms. The van der Waals surface area contributed by atoms with E-state index >= 15 is 0 Å². The summed E-state index contributed by atoms with van der Waals surface area (Å²) in [5.74, 6) is -0.138. The zero-order chi connectivity index (χ0) is 20.2. The molecule has 0 atom stereocenters. The number of benzene rings is 2. The van der Waals surface area contributed by atoms with Crippen molar-refractivity contribution in [1.82, 2.24) is 14.5 Å². The van der Waals surface area contributed by atoms with E-state index < -0.39 is 0 Å². The predicted octanol–water partition coefficient (Wildman–Crippen LogP) is 1.89. The number of rotatable bonds is 5. The van der Waals surface area contributed by atoms with Crippen LogP contribution in [0.4, 0.5) is 5.69 Å². The highest BCUT2D eigenvalue weighted by molar-refractivity contribution is 5.79. The van der Waals surface area contributed by atoms with Gasteiger partial charge in [0.2, 0.25) is 5.91 Å². The van der Waals surface area contributed by atoms with Crippen LogP contribution >= 0.6 is 0 Å². The monoisotopic (exact) mass is 392 g/mol. The van der Waals surface area contributed by atoms with Crippen LogP contribution in [-0.4, -0.2) is 53.7 Å². The van der Waals surface area contributed by atoms with E-state index in [-0.39, 0.29) is 18.0 Å². The van der Waals surface area contributed by atoms with E-state index in [9.17, 15) is 9.59 Å². The molecule has 1 fully saturated rings. The SMILES string of the molecule is CN(Cc1ccccc1N1CCOCC1)C(=O)Cn1cnc2ccccc2c1=O. The maximum absolute atomic E-state index is 12.8. The van der Waals surface area contributed by atoms with E-state index in [1.165, 1.54) is 10.9 Å². The van der Waals surface area contributed by atoms with E-state index in [1.54, 1.807) is 30.1 Å². The van der Waals surface area contributed by atoms with Crippen molar-refractivity contribution < 1.29 is 9.53 Å². The molecule has 29 heavy (non-hydrogen) atoms. The van der Waals surface area contributed by atoms with Crippen LogP contribution in [-0.2, 0) is 22.6 Å². The van der Waals surface area contributed by atoms with Gasteiger partial charge in [-0.05, 0) is 23.8 Å². The van der Waals surface area contributed by atoms with Gasteiger partial charge >= 0.3 is 0 Å². The maximum Gasteiger partial charge on any atom is 0.261 e. The zero-order valence-corrected chi connectivity index (χ0v) is 16.5. The van der Waals surface area contributed by atoms with Crippen molar-refractivity contribution in [2.75, 3.05) is 38.3 Å². The third-order valence-corrected chi connectivity index (χ3v) is 5.21. The summed E-state index contributed by atoms with van der Waals surface area (Å²) in [6.07, 6.45) is 1.44. The number of aromatic nitrogens is 2. The Morgan fingerprint density at radius 3 is 2.66 bits per heavy atom. The minimum atomic E-state index is -0.203. The Morgan fingerprint density at radius 2 is 1.83 bits per heavy atom. The molecule has 1 aromatic heterocycles. The average Bonchev–Trinajstić information content (AvgIpc) is 2.77. The molecule has 0 unspecified atom stereocenters. The van der Waals surface area contributed by atoms with Crippen LogP contribution in [0.25, 0.3) is 10.9 Å². The fourth-order valence-electron chi connectivity index (χ4n) is 3.59. The fraction of sp³-hybridized carbons (Fsp3) is 0.318. The van der Waals surface area contributed by atoms with Crippen molar-refractivity contribution >= 4 is 22.5 Å². The highest BCUT2D eigenvalue weighted by Gasteiger charge is 2.18. The minimum Gasteiger partial charge on any atom is -0.378 e. The van der Waals surface area contributed by atoms with Crippen molar-refractivity contribution in [2.45, 2.75) is 13.1 Å². The lowest BCUT2D eigenvalue weighted by atomic mass is 10.1. The normalized spacial score (nSPS) is 14.2. The Hall–Kier alpha value is -3.19. The van der Waals surface area contributed by atoms with Crippen LogP contribution in [0, 0.1) is 0 Å². The smallest absolute Gasteiger partial charge is 0.261 e. The van der Waals surface area contributed by atoms with Gasteiger partial charge in [0.15, 0.2) is 0 Å². The Labute approximate surface area is 169 Å². The van der Waals surface area contributed by atoms with Gasteiger partial charge in [-0.25, -0.2) is 4.98 Å². The molecule has 0 bridgehead atoms. The zero-order valence-electron chi connectivity index (χ0n) is 16.5. The van der Waals surface area contributed by atoms with E-state index in [0.29, 0.717) is 30.7 Å². The number of fused-ring (bicyclic) bond motifs is 1. The first kappa shape index (κ1) is 19.1. The third-order valence-electron chi connectivity index (χ3n) is 5.21. The summed E-state index contributed by atoms with van der Waals surface area (Å²) < 4.78 is 6.81. The van der Waals surface area contributed by atoms with Gasteiger partial charge in [-0.3, -0.25) is 14.2 Å². The van der Waals surface area contributed by atoms with E-state index in [0.717, 1.165) is 24.3 Å². The Morgan fingerprint density at radius 1 is 1.10 bits per heavy atom. The molecule has 4 rings (SSSR count). The molecule has 1 aliphatic heterocycles. The average molecular weight is 392 g/mol. The number of anilines is 1. The number of carbonyl (C=O) groups is 1. The molecule has 1 aliphatic rings. The minimum absolute atomic E-state index is 0.0348. The van der Waals surface area contributed by atoms with Crippen molar-refractivity contribution in [3.8, 4) is 0 Å². The van der Waals surface area contributed by atoms with Gasteiger partial charge in [0.05, 0.1) is 30.4 Å². The first-order chi connectivity index (χ1) is 14.1. The number of likely N-dealkylation sites (N-methyl/N-ethyl adjacent to an activating group) is 1. The van der Waals surface area contributed by atoms with Crippen LogP contribution < -0.4 is 10.5 Å². The van der Waals surface area contributed by atoms with Gasteiger partial charge in [0.1, 0.15) is 6.54 Å². The molecule has 7 nitrogen and oxygen atoms in total. The molecule has 150 valence electrons. The molecule has 1 amide bonds. The van der Waals surface area contributed by atoms with Gasteiger partial charge in [-0.2, -0.15) is 0 Å². The highest BCUT2D eigenvalue weighted by Crippen LogP contribution is 2.22. The highest BCUT2D eigenvalue weighted by atomic mass is 16.5. The number of para-hydroxylation sites is 2. The van der Waals surface area contributed by atoms with Crippen molar-refractivity contribution in [1.29, 1.82) is 0 Å². The van der Waals surface area contributed by atoms with Crippen molar-refractivity contribution in [3.63, 3.8) is 0 Å². The van der Waals surface area contributed by atoms with Gasteiger partial charge in [0.25, 0.3) is 5.56 Å². The van der Waals surface area contributed by atoms with Crippen molar-refractivity contribution in [3.05, 3.63) is 70.8 Å². The van der Waals surface area contributed by atoms with Crippen LogP contribution in [0.1, 0.15) is 5.56 Å². The summed E-state index contributed by atoms with van der Waals surface area (Å²) in [6, 6.07) is 15.3. The lowest BCUT2D eigenvalue weighted by Gasteiger charge is -2.31. The summed E-state index contributed by atoms with van der Waals surface area (Å²) in [5, 5.41) is 0.517. The van der Waals surface area contributed by atoms with Crippen LogP contribution in [0.3, 0.4) is 0 Å². The van der Waals surface area contributed by atoms with E-state index in [4.69, 9.17) is 4.74 Å². The molecule has 2 heterocycles. The number of morpholine rings is 1. The lowest BCUT2D eigenvalue weighted by molar-refractivity contribution is -0.131. The topological polar surface area (TPSA) is 67.7 Å². The summed E-state index contributed by atoms with van der Waals surface area (Å²) in [5.41, 5.74) is 2.63. The van der Waals surface area contributed by atoms with Gasteiger partial charge < -0.3 is 14.5 Å². The van der Waals surface area contributed by atoms with E-state index in [2.05, 4.69) is 16.0 Å². The molecule has 0 N–H and O–H groups in total. The molecule has 0 aliphatic carbocycles. The standard InChI is InChI=1S/C22H24N4O3/c1-24(14-17-6-2-5-9-20(17)25-10-12-29-13-11-25)21(27)15-26-16-23-19-8-4-3-7-18(19)22(26)28/h2-9,16H,10-15H2,1H3. The lowest BCUT2D eigenvalue weighted by Crippen LogP contribution is -2.38. The molecular formula is C22H24N4O3. The second kappa shape index (κ2) is 8.45. The summed E-state index contributed by atoms with van der Waals surface area (Å²) in [7, 11) is 1.76. The quantitative estimate of drug-likeness (QED) is 0.663. The van der Waals surface area contributed by atoms with Crippen LogP contribution in [0.2, 0.25) is 0 Å². The van der Waals surface area contributed by atoms with Crippen LogP contribution in [0.5, 0.6) is 0 Å². The molecule has 1 saturated heterocycles. The van der Waals surface area contributed by atoms with Gasteiger partial charge in [-0.15, -0.1) is 0 Å². The second-order valence-electron chi connectivity index (χ2n) is 7.17. The molecule has 0 saturated carbocycles. The fourth-order valence-corrected chi connectivity index (χ4v) is 3.59. The summed E-state index contributed by atoms with van der Waals surface area (Å²) >= 11 is 0. The Bertz CT molecular complexity index is 1070. The molecular weight excluding hydrogens is 368 g/mol. The maximum atomic E-state index is 12.8. The Kier molecular flexibility index (Phi) is 5.57. The van der Waals surface area contributed by atoms with Gasteiger partial charge in [-0.1, -0.05) is 30.3 Å². The molecule has 2 aromatic carbocycles. The number of hydrogen-bond donors (Lipinski definition) is 0. The van der Waals surface area contributed by atoms with Crippen LogP contribution in [0.15, 0.2) is 59.7 Å². The predicted molar refractivity (Wildman–Crippen MR) is 112 cm³/mol. The number of amides is 1. The summed E-state index contributed by atoms with van der Waals surface area (Å²) in [6.45, 7) is 3.54. The van der Waals surface area contributed by atoms with Crippen molar-refractivity contribution in [2.24, 2.45) is 0 Å². The summed E-state index contributed by atoms with van der Waals surface area (Å²) in [4.78, 5) is 33.7. The molecule has 3 aromatic rings. The molecule has 0 radical (unpaired) electrons. The largest absolute Gasteiger partial charge is 0.378 e. The van der Waals surface area contributed by atoms with Gasteiger partial charge in [0, 0.05) is 32.4 Å². The number of hydrogen-bond acceptors (Lipinski definition) is 5. The van der Waals surface area contributed by atoms with E-state index in [1.807, 2.05) is 24.3 Å². The number of ether oxygens (including phenoxy) is 1.